The average molecular weight is 263 g/mol. The number of carbonyl (C=O) groups is 1. The first-order chi connectivity index (χ1) is 9.06. The van der Waals surface area contributed by atoms with Crippen LogP contribution in [-0.2, 0) is 11.3 Å². The van der Waals surface area contributed by atoms with Crippen molar-refractivity contribution in [3.05, 3.63) is 39.9 Å². The Balaban J connectivity index is 1.94. The molecule has 1 aliphatic heterocycles. The molecule has 2 rings (SSSR count). The van der Waals surface area contributed by atoms with Crippen LogP contribution in [0.15, 0.2) is 24.3 Å². The Morgan fingerprint density at radius 1 is 1.42 bits per heavy atom. The summed E-state index contributed by atoms with van der Waals surface area (Å²) in [6, 6.07) is 6.67. The van der Waals surface area contributed by atoms with Crippen molar-refractivity contribution >= 4 is 11.6 Å². The largest absolute Gasteiger partial charge is 0.369 e. The van der Waals surface area contributed by atoms with Crippen LogP contribution in [0.25, 0.3) is 0 Å². The maximum atomic E-state index is 11.1. The van der Waals surface area contributed by atoms with Crippen molar-refractivity contribution < 1.29 is 9.72 Å². The molecule has 2 N–H and O–H groups in total. The van der Waals surface area contributed by atoms with Crippen molar-refractivity contribution in [1.82, 2.24) is 4.90 Å². The summed E-state index contributed by atoms with van der Waals surface area (Å²) in [6.07, 6.45) is 1.54. The number of benzene rings is 1. The van der Waals surface area contributed by atoms with E-state index in [0.717, 1.165) is 31.5 Å². The molecule has 1 aromatic rings. The number of primary amides is 1. The molecule has 6 nitrogen and oxygen atoms in total. The third kappa shape index (κ3) is 3.51. The Morgan fingerprint density at radius 2 is 2.11 bits per heavy atom. The summed E-state index contributed by atoms with van der Waals surface area (Å²) >= 11 is 0. The maximum absolute atomic E-state index is 11.1. The van der Waals surface area contributed by atoms with E-state index in [4.69, 9.17) is 5.73 Å². The first-order valence-electron chi connectivity index (χ1n) is 6.31. The molecular weight excluding hydrogens is 246 g/mol. The summed E-state index contributed by atoms with van der Waals surface area (Å²) in [5.74, 6) is -0.253. The number of amides is 1. The molecule has 0 saturated carbocycles. The number of nitro benzene ring substituents is 1. The number of hydrogen-bond donors (Lipinski definition) is 1. The molecular formula is C13H17N3O3. The second-order valence-corrected chi connectivity index (χ2v) is 4.88. The maximum Gasteiger partial charge on any atom is 0.269 e. The minimum Gasteiger partial charge on any atom is -0.369 e. The Hall–Kier alpha value is -1.95. The highest BCUT2D eigenvalue weighted by atomic mass is 16.6. The van der Waals surface area contributed by atoms with Crippen LogP contribution in [-0.4, -0.2) is 28.8 Å². The highest BCUT2D eigenvalue weighted by Crippen LogP contribution is 2.20. The molecule has 1 aliphatic rings. The lowest BCUT2D eigenvalue weighted by Gasteiger charge is -2.30. The van der Waals surface area contributed by atoms with Gasteiger partial charge in [-0.25, -0.2) is 0 Å². The van der Waals surface area contributed by atoms with E-state index in [0.29, 0.717) is 6.54 Å². The summed E-state index contributed by atoms with van der Waals surface area (Å²) in [5, 5.41) is 10.7. The molecule has 19 heavy (non-hydrogen) atoms. The monoisotopic (exact) mass is 263 g/mol. The standard InChI is InChI=1S/C13H17N3O3/c14-13(17)11-4-6-15(7-5-11)9-10-2-1-3-12(8-10)16(18)19/h1-3,8,11H,4-7,9H2,(H2,14,17). The van der Waals surface area contributed by atoms with E-state index in [1.165, 1.54) is 6.07 Å². The third-order valence-corrected chi connectivity index (χ3v) is 3.52. The van der Waals surface area contributed by atoms with Gasteiger partial charge in [-0.3, -0.25) is 19.8 Å². The van der Waals surface area contributed by atoms with E-state index in [1.54, 1.807) is 12.1 Å². The van der Waals surface area contributed by atoms with Crippen molar-refractivity contribution in [2.75, 3.05) is 13.1 Å². The van der Waals surface area contributed by atoms with Crippen LogP contribution in [0.4, 0.5) is 5.69 Å². The molecule has 0 unspecified atom stereocenters. The average Bonchev–Trinajstić information content (AvgIpc) is 2.39. The van der Waals surface area contributed by atoms with E-state index in [9.17, 15) is 14.9 Å². The summed E-state index contributed by atoms with van der Waals surface area (Å²) in [7, 11) is 0. The summed E-state index contributed by atoms with van der Waals surface area (Å²) in [4.78, 5) is 23.6. The van der Waals surface area contributed by atoms with Crippen LogP contribution in [0.3, 0.4) is 0 Å². The molecule has 1 saturated heterocycles. The predicted octanol–water partition coefficient (Wildman–Crippen LogP) is 1.29. The molecule has 0 aliphatic carbocycles. The fraction of sp³-hybridized carbons (Fsp3) is 0.462. The van der Waals surface area contributed by atoms with Gasteiger partial charge in [-0.05, 0) is 31.5 Å². The number of piperidine rings is 1. The van der Waals surface area contributed by atoms with Crippen LogP contribution in [0, 0.1) is 16.0 Å². The Bertz CT molecular complexity index is 482. The number of nitro groups is 1. The first kappa shape index (κ1) is 13.5. The van der Waals surface area contributed by atoms with Gasteiger partial charge in [0, 0.05) is 24.6 Å². The van der Waals surface area contributed by atoms with Crippen LogP contribution < -0.4 is 5.73 Å². The van der Waals surface area contributed by atoms with E-state index in [-0.39, 0.29) is 22.4 Å². The molecule has 0 spiro atoms. The molecule has 1 amide bonds. The minimum atomic E-state index is -0.386. The Morgan fingerprint density at radius 3 is 2.68 bits per heavy atom. The van der Waals surface area contributed by atoms with Gasteiger partial charge in [0.1, 0.15) is 0 Å². The van der Waals surface area contributed by atoms with Crippen LogP contribution in [0.2, 0.25) is 0 Å². The van der Waals surface area contributed by atoms with Crippen molar-refractivity contribution in [1.29, 1.82) is 0 Å². The summed E-state index contributed by atoms with van der Waals surface area (Å²) < 4.78 is 0. The molecule has 1 heterocycles. The van der Waals surface area contributed by atoms with Gasteiger partial charge in [-0.15, -0.1) is 0 Å². The molecule has 1 fully saturated rings. The lowest BCUT2D eigenvalue weighted by Crippen LogP contribution is -2.38. The predicted molar refractivity (Wildman–Crippen MR) is 70.3 cm³/mol. The van der Waals surface area contributed by atoms with Gasteiger partial charge in [0.25, 0.3) is 5.69 Å². The van der Waals surface area contributed by atoms with Crippen molar-refractivity contribution in [3.8, 4) is 0 Å². The van der Waals surface area contributed by atoms with E-state index >= 15 is 0 Å². The molecule has 0 bridgehead atoms. The lowest BCUT2D eigenvalue weighted by atomic mass is 9.96. The quantitative estimate of drug-likeness (QED) is 0.654. The van der Waals surface area contributed by atoms with Crippen LogP contribution in [0.1, 0.15) is 18.4 Å². The molecule has 102 valence electrons. The third-order valence-electron chi connectivity index (χ3n) is 3.52. The molecule has 0 atom stereocenters. The van der Waals surface area contributed by atoms with Gasteiger partial charge in [0.05, 0.1) is 4.92 Å². The highest BCUT2D eigenvalue weighted by molar-refractivity contribution is 5.76. The minimum absolute atomic E-state index is 0.0265. The van der Waals surface area contributed by atoms with Gasteiger partial charge >= 0.3 is 0 Å². The zero-order valence-electron chi connectivity index (χ0n) is 10.6. The number of rotatable bonds is 4. The SMILES string of the molecule is NC(=O)C1CCN(Cc2cccc([N+](=O)[O-])c2)CC1. The van der Waals surface area contributed by atoms with Crippen molar-refractivity contribution in [2.24, 2.45) is 11.7 Å². The molecule has 6 heteroatoms. The van der Waals surface area contributed by atoms with Crippen LogP contribution >= 0.6 is 0 Å². The van der Waals surface area contributed by atoms with E-state index < -0.39 is 0 Å². The molecule has 0 aromatic heterocycles. The zero-order chi connectivity index (χ0) is 13.8. The number of nitrogens with two attached hydrogens (primary N) is 1. The van der Waals surface area contributed by atoms with Crippen molar-refractivity contribution in [3.63, 3.8) is 0 Å². The van der Waals surface area contributed by atoms with Crippen molar-refractivity contribution in [2.45, 2.75) is 19.4 Å². The zero-order valence-corrected chi connectivity index (χ0v) is 10.6. The van der Waals surface area contributed by atoms with E-state index in [1.807, 2.05) is 6.07 Å². The topological polar surface area (TPSA) is 89.5 Å². The number of hydrogen-bond acceptors (Lipinski definition) is 4. The smallest absolute Gasteiger partial charge is 0.269 e. The van der Waals surface area contributed by atoms with Gasteiger partial charge in [0.15, 0.2) is 0 Å². The molecule has 1 aromatic carbocycles. The fourth-order valence-electron chi connectivity index (χ4n) is 2.40. The second-order valence-electron chi connectivity index (χ2n) is 4.88. The van der Waals surface area contributed by atoms with E-state index in [2.05, 4.69) is 4.90 Å². The number of nitrogens with zero attached hydrogens (tertiary/aromatic N) is 2. The van der Waals surface area contributed by atoms with Gasteiger partial charge < -0.3 is 5.73 Å². The summed E-state index contributed by atoms with van der Waals surface area (Å²) in [6.45, 7) is 2.28. The number of likely N-dealkylation sites (tertiary alicyclic amines) is 1. The first-order valence-corrected chi connectivity index (χ1v) is 6.31. The normalized spacial score (nSPS) is 17.3. The number of carbonyl (C=O) groups excluding carboxylic acids is 1. The number of non-ortho nitro benzene ring substituents is 1. The highest BCUT2D eigenvalue weighted by Gasteiger charge is 2.23. The second kappa shape index (κ2) is 5.79. The fourth-order valence-corrected chi connectivity index (χ4v) is 2.40. The Labute approximate surface area is 111 Å². The van der Waals surface area contributed by atoms with Crippen LogP contribution in [0.5, 0.6) is 0 Å². The van der Waals surface area contributed by atoms with Gasteiger partial charge in [0.2, 0.25) is 5.91 Å². The summed E-state index contributed by atoms with van der Waals surface area (Å²) in [5.41, 5.74) is 6.32. The Kier molecular flexibility index (Phi) is 4.11. The van der Waals surface area contributed by atoms with Gasteiger partial charge in [-0.1, -0.05) is 12.1 Å². The molecule has 0 radical (unpaired) electrons. The lowest BCUT2D eigenvalue weighted by molar-refractivity contribution is -0.384. The van der Waals surface area contributed by atoms with Gasteiger partial charge in [-0.2, -0.15) is 0 Å².